The van der Waals surface area contributed by atoms with E-state index in [9.17, 15) is 0 Å². The molecule has 0 amide bonds. The molecule has 0 radical (unpaired) electrons. The first-order chi connectivity index (χ1) is 7.36. The van der Waals surface area contributed by atoms with Crippen molar-refractivity contribution in [3.8, 4) is 0 Å². The number of aromatic amines is 1. The lowest BCUT2D eigenvalue weighted by molar-refractivity contribution is 0.518. The highest BCUT2D eigenvalue weighted by Crippen LogP contribution is 2.25. The fourth-order valence-electron chi connectivity index (χ4n) is 2.13. The van der Waals surface area contributed by atoms with Crippen molar-refractivity contribution in [1.82, 2.24) is 25.1 Å². The molecule has 2 aromatic heterocycles. The summed E-state index contributed by atoms with van der Waals surface area (Å²) in [4.78, 5) is 7.56. The van der Waals surface area contributed by atoms with Gasteiger partial charge in [-0.2, -0.15) is 5.10 Å². The minimum absolute atomic E-state index is 0.174. The second-order valence-corrected chi connectivity index (χ2v) is 3.78. The molecule has 78 valence electrons. The summed E-state index contributed by atoms with van der Waals surface area (Å²) in [6, 6.07) is 2.20. The van der Waals surface area contributed by atoms with Crippen LogP contribution >= 0.6 is 0 Å². The third-order valence-corrected chi connectivity index (χ3v) is 2.90. The van der Waals surface area contributed by atoms with Crippen molar-refractivity contribution in [1.29, 1.82) is 0 Å². The maximum absolute atomic E-state index is 4.38. The SMILES string of the molecule is Cn1nccc1[C@H]1NCCc2[nH]cnc21. The fraction of sp³-hybridized carbons (Fsp3) is 0.400. The minimum Gasteiger partial charge on any atom is -0.348 e. The molecular formula is C10H13N5. The molecule has 1 atom stereocenters. The Morgan fingerprint density at radius 3 is 3.27 bits per heavy atom. The summed E-state index contributed by atoms with van der Waals surface area (Å²) >= 11 is 0. The average Bonchev–Trinajstić information content (AvgIpc) is 2.85. The van der Waals surface area contributed by atoms with Crippen molar-refractivity contribution in [3.63, 3.8) is 0 Å². The van der Waals surface area contributed by atoms with Gasteiger partial charge in [-0.25, -0.2) is 4.98 Å². The van der Waals surface area contributed by atoms with E-state index in [4.69, 9.17) is 0 Å². The number of hydrogen-bond acceptors (Lipinski definition) is 3. The molecule has 0 fully saturated rings. The molecule has 0 saturated carbocycles. The zero-order valence-electron chi connectivity index (χ0n) is 8.57. The highest BCUT2D eigenvalue weighted by atomic mass is 15.3. The van der Waals surface area contributed by atoms with Crippen LogP contribution in [0.15, 0.2) is 18.6 Å². The van der Waals surface area contributed by atoms with Crippen molar-refractivity contribution < 1.29 is 0 Å². The number of hydrogen-bond donors (Lipinski definition) is 2. The van der Waals surface area contributed by atoms with E-state index in [2.05, 4.69) is 20.4 Å². The van der Waals surface area contributed by atoms with Crippen LogP contribution in [0.4, 0.5) is 0 Å². The predicted molar refractivity (Wildman–Crippen MR) is 55.3 cm³/mol. The summed E-state index contributed by atoms with van der Waals surface area (Å²) in [6.07, 6.45) is 4.60. The summed E-state index contributed by atoms with van der Waals surface area (Å²) < 4.78 is 1.89. The van der Waals surface area contributed by atoms with Gasteiger partial charge in [0.2, 0.25) is 0 Å². The van der Waals surface area contributed by atoms with E-state index >= 15 is 0 Å². The number of aromatic nitrogens is 4. The highest BCUT2D eigenvalue weighted by molar-refractivity contribution is 5.27. The van der Waals surface area contributed by atoms with E-state index in [1.54, 1.807) is 6.33 Å². The molecule has 15 heavy (non-hydrogen) atoms. The van der Waals surface area contributed by atoms with Gasteiger partial charge < -0.3 is 10.3 Å². The Morgan fingerprint density at radius 2 is 2.47 bits per heavy atom. The molecule has 5 heteroatoms. The number of H-pyrrole nitrogens is 1. The molecule has 2 N–H and O–H groups in total. The van der Waals surface area contributed by atoms with Gasteiger partial charge in [0.1, 0.15) is 0 Å². The van der Waals surface area contributed by atoms with Crippen LogP contribution < -0.4 is 5.32 Å². The van der Waals surface area contributed by atoms with Crippen molar-refractivity contribution in [3.05, 3.63) is 35.7 Å². The second kappa shape index (κ2) is 3.20. The fourth-order valence-corrected chi connectivity index (χ4v) is 2.13. The maximum atomic E-state index is 4.38. The lowest BCUT2D eigenvalue weighted by Gasteiger charge is -2.22. The second-order valence-electron chi connectivity index (χ2n) is 3.78. The van der Waals surface area contributed by atoms with Crippen LogP contribution in [0, 0.1) is 0 Å². The summed E-state index contributed by atoms with van der Waals surface area (Å²) in [6.45, 7) is 0.977. The lowest BCUT2D eigenvalue weighted by Crippen LogP contribution is -2.32. The normalized spacial score (nSPS) is 20.2. The highest BCUT2D eigenvalue weighted by Gasteiger charge is 2.25. The molecule has 5 nitrogen and oxygen atoms in total. The van der Waals surface area contributed by atoms with E-state index in [0.29, 0.717) is 0 Å². The molecule has 0 aliphatic carbocycles. The van der Waals surface area contributed by atoms with Crippen LogP contribution in [0.1, 0.15) is 23.1 Å². The Morgan fingerprint density at radius 1 is 1.53 bits per heavy atom. The summed E-state index contributed by atoms with van der Waals surface area (Å²) in [5.41, 5.74) is 3.49. The van der Waals surface area contributed by atoms with Crippen LogP contribution in [0.2, 0.25) is 0 Å². The van der Waals surface area contributed by atoms with Crippen LogP contribution in [-0.2, 0) is 13.5 Å². The Labute approximate surface area is 87.5 Å². The van der Waals surface area contributed by atoms with Gasteiger partial charge in [-0.05, 0) is 6.07 Å². The van der Waals surface area contributed by atoms with E-state index in [1.807, 2.05) is 24.0 Å². The average molecular weight is 203 g/mol. The molecule has 0 bridgehead atoms. The lowest BCUT2D eigenvalue weighted by atomic mass is 10.0. The number of nitrogens with zero attached hydrogens (tertiary/aromatic N) is 3. The first-order valence-corrected chi connectivity index (χ1v) is 5.09. The van der Waals surface area contributed by atoms with Crippen molar-refractivity contribution in [2.45, 2.75) is 12.5 Å². The Balaban J connectivity index is 2.07. The monoisotopic (exact) mass is 203 g/mol. The largest absolute Gasteiger partial charge is 0.348 e. The molecule has 0 spiro atoms. The molecule has 0 aromatic carbocycles. The van der Waals surface area contributed by atoms with Crippen LogP contribution in [-0.4, -0.2) is 26.3 Å². The number of imidazole rings is 1. The first-order valence-electron chi connectivity index (χ1n) is 5.09. The molecule has 1 aliphatic heterocycles. The van der Waals surface area contributed by atoms with Crippen molar-refractivity contribution in [2.75, 3.05) is 6.54 Å². The smallest absolute Gasteiger partial charge is 0.0940 e. The molecule has 2 aromatic rings. The Kier molecular flexibility index (Phi) is 1.85. The van der Waals surface area contributed by atoms with E-state index in [1.165, 1.54) is 5.69 Å². The van der Waals surface area contributed by atoms with Gasteiger partial charge in [-0.15, -0.1) is 0 Å². The van der Waals surface area contributed by atoms with Gasteiger partial charge in [0.25, 0.3) is 0 Å². The summed E-state index contributed by atoms with van der Waals surface area (Å²) in [5.74, 6) is 0. The first kappa shape index (κ1) is 8.67. The van der Waals surface area contributed by atoms with Crippen LogP contribution in [0.5, 0.6) is 0 Å². The predicted octanol–water partition coefficient (Wildman–Crippen LogP) is 0.378. The van der Waals surface area contributed by atoms with Crippen LogP contribution in [0.25, 0.3) is 0 Å². The Hall–Kier alpha value is -1.62. The van der Waals surface area contributed by atoms with Gasteiger partial charge in [0, 0.05) is 31.9 Å². The maximum Gasteiger partial charge on any atom is 0.0940 e. The van der Waals surface area contributed by atoms with Crippen molar-refractivity contribution >= 4 is 0 Å². The van der Waals surface area contributed by atoms with Gasteiger partial charge in [-0.3, -0.25) is 4.68 Å². The number of rotatable bonds is 1. The summed E-state index contributed by atoms with van der Waals surface area (Å²) in [5, 5.41) is 7.65. The standard InChI is InChI=1S/C10H13N5/c1-15-8(3-5-14-15)10-9-7(2-4-11-10)12-6-13-9/h3,5-6,10-11H,2,4H2,1H3,(H,12,13)/t10-/m1/s1. The number of fused-ring (bicyclic) bond motifs is 1. The molecule has 3 rings (SSSR count). The zero-order valence-corrected chi connectivity index (χ0v) is 8.57. The number of aryl methyl sites for hydroxylation is 1. The molecule has 1 aliphatic rings. The van der Waals surface area contributed by atoms with E-state index in [-0.39, 0.29) is 6.04 Å². The molecular weight excluding hydrogens is 190 g/mol. The Bertz CT molecular complexity index is 470. The molecule has 3 heterocycles. The van der Waals surface area contributed by atoms with Crippen molar-refractivity contribution in [2.24, 2.45) is 7.05 Å². The topological polar surface area (TPSA) is 58.5 Å². The van der Waals surface area contributed by atoms with Gasteiger partial charge >= 0.3 is 0 Å². The van der Waals surface area contributed by atoms with Crippen LogP contribution in [0.3, 0.4) is 0 Å². The molecule has 0 saturated heterocycles. The number of nitrogens with one attached hydrogen (secondary N) is 2. The minimum atomic E-state index is 0.174. The summed E-state index contributed by atoms with van der Waals surface area (Å²) in [7, 11) is 1.96. The molecule has 0 unspecified atom stereocenters. The zero-order chi connectivity index (χ0) is 10.3. The quantitative estimate of drug-likeness (QED) is 0.704. The third-order valence-electron chi connectivity index (χ3n) is 2.90. The van der Waals surface area contributed by atoms with E-state index in [0.717, 1.165) is 24.4 Å². The van der Waals surface area contributed by atoms with E-state index < -0.39 is 0 Å². The van der Waals surface area contributed by atoms with Gasteiger partial charge in [0.05, 0.1) is 23.8 Å². The van der Waals surface area contributed by atoms with Gasteiger partial charge in [0.15, 0.2) is 0 Å². The third kappa shape index (κ3) is 1.27. The van der Waals surface area contributed by atoms with Gasteiger partial charge in [-0.1, -0.05) is 0 Å².